The summed E-state index contributed by atoms with van der Waals surface area (Å²) in [6.45, 7) is 1.94. The Morgan fingerprint density at radius 2 is 1.39 bits per heavy atom. The van der Waals surface area contributed by atoms with Gasteiger partial charge in [0.05, 0.1) is 11.4 Å². The molecule has 0 spiro atoms. The van der Waals surface area contributed by atoms with Crippen molar-refractivity contribution >= 4 is 34.7 Å². The van der Waals surface area contributed by atoms with E-state index in [4.69, 9.17) is 0 Å². The number of fused-ring (bicyclic) bond motifs is 1. The van der Waals surface area contributed by atoms with Crippen molar-refractivity contribution in [3.05, 3.63) is 96.1 Å². The molecule has 152 valence electrons. The van der Waals surface area contributed by atoms with Gasteiger partial charge in [0.1, 0.15) is 17.7 Å². The second-order valence-electron chi connectivity index (χ2n) is 7.63. The number of hydrazone groups is 1. The van der Waals surface area contributed by atoms with E-state index < -0.39 is 17.9 Å². The number of Topliss-reactive ketones (excluding diaryl/α,β-unsaturated/α-hetero) is 1. The third-order valence-corrected chi connectivity index (χ3v) is 5.63. The smallest absolute Gasteiger partial charge is 0.259 e. The van der Waals surface area contributed by atoms with Gasteiger partial charge < -0.3 is 0 Å². The monoisotopic (exact) mass is 409 g/mol. The van der Waals surface area contributed by atoms with Gasteiger partial charge in [-0.3, -0.25) is 19.4 Å². The van der Waals surface area contributed by atoms with Gasteiger partial charge >= 0.3 is 0 Å². The molecule has 2 aliphatic heterocycles. The van der Waals surface area contributed by atoms with E-state index >= 15 is 0 Å². The third-order valence-electron chi connectivity index (χ3n) is 5.63. The number of rotatable bonds is 4. The zero-order chi connectivity index (χ0) is 21.5. The van der Waals surface area contributed by atoms with E-state index in [1.807, 2.05) is 55.5 Å². The van der Waals surface area contributed by atoms with E-state index in [1.54, 1.807) is 36.4 Å². The molecule has 0 unspecified atom stereocenters. The Labute approximate surface area is 179 Å². The highest BCUT2D eigenvalue weighted by molar-refractivity contribution is 6.53. The predicted octanol–water partition coefficient (Wildman–Crippen LogP) is 3.61. The van der Waals surface area contributed by atoms with E-state index in [2.05, 4.69) is 5.10 Å². The van der Waals surface area contributed by atoms with Crippen molar-refractivity contribution < 1.29 is 14.4 Å². The molecular formula is C25H19N3O3. The summed E-state index contributed by atoms with van der Waals surface area (Å²) in [5.74, 6) is -2.12. The summed E-state index contributed by atoms with van der Waals surface area (Å²) in [4.78, 5) is 41.3. The van der Waals surface area contributed by atoms with E-state index in [-0.39, 0.29) is 17.4 Å². The first kappa shape index (κ1) is 18.9. The number of nitrogens with zero attached hydrogens (tertiary/aromatic N) is 3. The van der Waals surface area contributed by atoms with Crippen LogP contribution in [0.5, 0.6) is 0 Å². The van der Waals surface area contributed by atoms with Crippen LogP contribution < -0.4 is 9.91 Å². The van der Waals surface area contributed by atoms with Crippen LogP contribution in [-0.4, -0.2) is 29.4 Å². The molecule has 0 radical (unpaired) electrons. The summed E-state index contributed by atoms with van der Waals surface area (Å²) < 4.78 is 0. The average molecular weight is 409 g/mol. The summed E-state index contributed by atoms with van der Waals surface area (Å²) >= 11 is 0. The molecule has 3 aromatic carbocycles. The lowest BCUT2D eigenvalue weighted by atomic mass is 9.92. The summed E-state index contributed by atoms with van der Waals surface area (Å²) in [6.07, 6.45) is 0. The maximum atomic E-state index is 13.5. The van der Waals surface area contributed by atoms with Crippen molar-refractivity contribution in [2.24, 2.45) is 11.0 Å². The number of amides is 2. The lowest BCUT2D eigenvalue weighted by Crippen LogP contribution is -2.39. The molecule has 1 saturated heterocycles. The Balaban J connectivity index is 1.61. The Morgan fingerprint density at radius 1 is 0.774 bits per heavy atom. The van der Waals surface area contributed by atoms with Crippen LogP contribution in [0.2, 0.25) is 0 Å². The number of carbonyl (C=O) groups excluding carboxylic acids is 3. The second kappa shape index (κ2) is 7.32. The second-order valence-corrected chi connectivity index (χ2v) is 7.63. The highest BCUT2D eigenvalue weighted by atomic mass is 16.2. The summed E-state index contributed by atoms with van der Waals surface area (Å²) in [7, 11) is 0. The molecule has 0 bridgehead atoms. The molecule has 0 aliphatic carbocycles. The molecule has 2 heterocycles. The number of aryl methyl sites for hydroxylation is 1. The first-order valence-electron chi connectivity index (χ1n) is 10.0. The molecule has 3 aromatic rings. The number of carbonyl (C=O) groups is 3. The highest BCUT2D eigenvalue weighted by Crippen LogP contribution is 2.38. The van der Waals surface area contributed by atoms with Crippen LogP contribution in [0.1, 0.15) is 15.9 Å². The Kier molecular flexibility index (Phi) is 4.47. The fraction of sp³-hybridized carbons (Fsp3) is 0.120. The molecule has 1 fully saturated rings. The predicted molar refractivity (Wildman–Crippen MR) is 118 cm³/mol. The maximum Gasteiger partial charge on any atom is 0.259 e. The minimum atomic E-state index is -0.957. The summed E-state index contributed by atoms with van der Waals surface area (Å²) in [5.41, 5.74) is 2.70. The van der Waals surface area contributed by atoms with E-state index in [0.29, 0.717) is 16.9 Å². The van der Waals surface area contributed by atoms with Crippen molar-refractivity contribution in [1.29, 1.82) is 0 Å². The number of para-hydroxylation sites is 1. The number of hydrogen-bond acceptors (Lipinski definition) is 5. The van der Waals surface area contributed by atoms with Crippen molar-refractivity contribution in [2.75, 3.05) is 9.91 Å². The molecular weight excluding hydrogens is 390 g/mol. The van der Waals surface area contributed by atoms with Crippen molar-refractivity contribution in [2.45, 2.75) is 13.0 Å². The lowest BCUT2D eigenvalue weighted by Gasteiger charge is -2.22. The van der Waals surface area contributed by atoms with E-state index in [0.717, 1.165) is 5.56 Å². The molecule has 6 nitrogen and oxygen atoms in total. The molecule has 0 aromatic heterocycles. The first-order valence-corrected chi connectivity index (χ1v) is 10.0. The van der Waals surface area contributed by atoms with Crippen molar-refractivity contribution in [3.63, 3.8) is 0 Å². The van der Waals surface area contributed by atoms with Gasteiger partial charge in [-0.2, -0.15) is 5.10 Å². The van der Waals surface area contributed by atoms with Gasteiger partial charge in [-0.05, 0) is 31.2 Å². The van der Waals surface area contributed by atoms with Gasteiger partial charge in [0.25, 0.3) is 5.91 Å². The fourth-order valence-electron chi connectivity index (χ4n) is 4.08. The van der Waals surface area contributed by atoms with Crippen LogP contribution in [-0.2, 0) is 9.59 Å². The van der Waals surface area contributed by atoms with Gasteiger partial charge in [0.2, 0.25) is 11.7 Å². The number of ketones is 1. The van der Waals surface area contributed by atoms with Crippen LogP contribution in [0.15, 0.2) is 90.0 Å². The minimum absolute atomic E-state index is 0.0908. The van der Waals surface area contributed by atoms with Gasteiger partial charge in [-0.25, -0.2) is 4.90 Å². The van der Waals surface area contributed by atoms with Crippen LogP contribution in [0.4, 0.5) is 11.4 Å². The Bertz CT molecular complexity index is 1200. The van der Waals surface area contributed by atoms with Crippen LogP contribution in [0.25, 0.3) is 0 Å². The normalized spacial score (nSPS) is 20.1. The van der Waals surface area contributed by atoms with Crippen molar-refractivity contribution in [3.8, 4) is 0 Å². The fourth-order valence-corrected chi connectivity index (χ4v) is 4.08. The lowest BCUT2D eigenvalue weighted by molar-refractivity contribution is -0.121. The topological polar surface area (TPSA) is 70.1 Å². The van der Waals surface area contributed by atoms with Crippen LogP contribution in [0.3, 0.4) is 0 Å². The standard InChI is InChI=1S/C25H19N3O3/c1-16-12-14-18(15-13-16)27-24(30)20-21(23(29)17-8-4-2-5-9-17)26-28(22(20)25(27)31)19-10-6-3-7-11-19/h2-15,20,22H,1H3/t20-,22+/m1/s1. The third kappa shape index (κ3) is 3.04. The molecule has 6 heteroatoms. The average Bonchev–Trinajstić information content (AvgIpc) is 3.32. The largest absolute Gasteiger partial charge is 0.287 e. The zero-order valence-electron chi connectivity index (χ0n) is 16.8. The van der Waals surface area contributed by atoms with E-state index in [9.17, 15) is 14.4 Å². The van der Waals surface area contributed by atoms with Gasteiger partial charge in [0, 0.05) is 5.56 Å². The number of hydrogen-bond donors (Lipinski definition) is 0. The van der Waals surface area contributed by atoms with E-state index in [1.165, 1.54) is 9.91 Å². The molecule has 5 rings (SSSR count). The molecule has 0 saturated carbocycles. The van der Waals surface area contributed by atoms with Crippen LogP contribution in [0, 0.1) is 12.8 Å². The molecule has 2 amide bonds. The van der Waals surface area contributed by atoms with Gasteiger partial charge in [0.15, 0.2) is 0 Å². The molecule has 2 atom stereocenters. The first-order chi connectivity index (χ1) is 15.1. The minimum Gasteiger partial charge on any atom is -0.287 e. The van der Waals surface area contributed by atoms with Gasteiger partial charge in [-0.15, -0.1) is 0 Å². The quantitative estimate of drug-likeness (QED) is 0.488. The van der Waals surface area contributed by atoms with Gasteiger partial charge in [-0.1, -0.05) is 66.2 Å². The maximum absolute atomic E-state index is 13.5. The summed E-state index contributed by atoms with van der Waals surface area (Å²) in [6, 6.07) is 24.1. The SMILES string of the molecule is Cc1ccc(N2C(=O)[C@@H]3C(C(=O)c4ccccc4)=NN(c4ccccc4)[C@@H]3C2=O)cc1. The summed E-state index contributed by atoms with van der Waals surface area (Å²) in [5, 5.41) is 6.00. The Morgan fingerprint density at radius 3 is 2.03 bits per heavy atom. The molecule has 31 heavy (non-hydrogen) atoms. The number of imide groups is 1. The Hall–Kier alpha value is -4.06. The number of anilines is 2. The molecule has 2 aliphatic rings. The molecule has 0 N–H and O–H groups in total. The number of benzene rings is 3. The van der Waals surface area contributed by atoms with Crippen molar-refractivity contribution in [1.82, 2.24) is 0 Å². The van der Waals surface area contributed by atoms with Crippen LogP contribution >= 0.6 is 0 Å². The highest BCUT2D eigenvalue weighted by Gasteiger charge is 2.58. The zero-order valence-corrected chi connectivity index (χ0v) is 16.8.